The number of rotatable bonds is 6. The molecule has 0 aromatic heterocycles. The summed E-state index contributed by atoms with van der Waals surface area (Å²) in [5.74, 6) is 1.47. The fraction of sp³-hybridized carbons (Fsp3) is 0.714. The van der Waals surface area contributed by atoms with Crippen molar-refractivity contribution < 1.29 is 8.42 Å². The molecule has 0 aliphatic carbocycles. The minimum atomic E-state index is -3.42. The summed E-state index contributed by atoms with van der Waals surface area (Å²) in [6.07, 6.45) is 2.38. The molecule has 0 amide bonds. The smallest absolute Gasteiger partial charge is 0.240 e. The number of piperidine rings is 3. The molecule has 1 N–H and O–H groups in total. The predicted octanol–water partition coefficient (Wildman–Crippen LogP) is 1.23. The lowest BCUT2D eigenvalue weighted by atomic mass is 9.75. The van der Waals surface area contributed by atoms with Gasteiger partial charge in [0, 0.05) is 51.9 Å². The zero-order chi connectivity index (χ0) is 19.7. The van der Waals surface area contributed by atoms with Crippen molar-refractivity contribution in [2.45, 2.75) is 30.7 Å². The van der Waals surface area contributed by atoms with Gasteiger partial charge in [0.2, 0.25) is 10.0 Å². The first-order chi connectivity index (χ1) is 13.4. The Balaban J connectivity index is 1.30. The van der Waals surface area contributed by atoms with Crippen LogP contribution < -0.4 is 4.72 Å². The molecule has 0 spiro atoms. The molecule has 1 aromatic rings. The maximum Gasteiger partial charge on any atom is 0.240 e. The summed E-state index contributed by atoms with van der Waals surface area (Å²) < 4.78 is 28.1. The summed E-state index contributed by atoms with van der Waals surface area (Å²) in [7, 11) is -1.22. The molecule has 4 aliphatic heterocycles. The fourth-order valence-corrected chi connectivity index (χ4v) is 6.11. The lowest BCUT2D eigenvalue weighted by Gasteiger charge is -2.51. The minimum absolute atomic E-state index is 0.336. The Bertz CT molecular complexity index is 759. The maximum absolute atomic E-state index is 12.6. The molecule has 4 fully saturated rings. The van der Waals surface area contributed by atoms with Gasteiger partial charge in [0.05, 0.1) is 4.90 Å². The van der Waals surface area contributed by atoms with E-state index >= 15 is 0 Å². The highest BCUT2D eigenvalue weighted by Crippen LogP contribution is 2.36. The molecule has 4 unspecified atom stereocenters. The number of nitrogens with zero attached hydrogens (tertiary/aromatic N) is 3. The third kappa shape index (κ3) is 4.60. The zero-order valence-corrected chi connectivity index (χ0v) is 18.0. The Morgan fingerprint density at radius 3 is 2.43 bits per heavy atom. The van der Waals surface area contributed by atoms with Crippen molar-refractivity contribution in [3.05, 3.63) is 29.8 Å². The van der Waals surface area contributed by atoms with Crippen molar-refractivity contribution >= 4 is 10.0 Å². The molecule has 2 bridgehead atoms. The van der Waals surface area contributed by atoms with Crippen LogP contribution in [0.1, 0.15) is 18.4 Å². The van der Waals surface area contributed by atoms with Gasteiger partial charge in [0.1, 0.15) is 0 Å². The largest absolute Gasteiger partial charge is 0.304 e. The fourth-order valence-electron chi connectivity index (χ4n) is 5.04. The zero-order valence-electron chi connectivity index (χ0n) is 17.2. The van der Waals surface area contributed by atoms with E-state index in [1.807, 2.05) is 19.1 Å². The van der Waals surface area contributed by atoms with E-state index in [-0.39, 0.29) is 0 Å². The van der Waals surface area contributed by atoms with Gasteiger partial charge in [-0.3, -0.25) is 4.90 Å². The van der Waals surface area contributed by atoms with Gasteiger partial charge in [-0.15, -0.1) is 0 Å². The highest BCUT2D eigenvalue weighted by Gasteiger charge is 2.40. The van der Waals surface area contributed by atoms with Gasteiger partial charge in [-0.1, -0.05) is 17.7 Å². The van der Waals surface area contributed by atoms with Crippen molar-refractivity contribution in [3.63, 3.8) is 0 Å². The lowest BCUT2D eigenvalue weighted by molar-refractivity contribution is -0.0149. The Kier molecular flexibility index (Phi) is 6.09. The Morgan fingerprint density at radius 1 is 1.07 bits per heavy atom. The first kappa shape index (κ1) is 20.3. The molecular weight excluding hydrogens is 372 g/mol. The van der Waals surface area contributed by atoms with Crippen LogP contribution in [0.5, 0.6) is 0 Å². The molecule has 6 nitrogen and oxygen atoms in total. The normalized spacial score (nSPS) is 31.9. The van der Waals surface area contributed by atoms with Crippen molar-refractivity contribution in [2.24, 2.45) is 11.8 Å². The van der Waals surface area contributed by atoms with Crippen molar-refractivity contribution in [2.75, 3.05) is 59.4 Å². The molecule has 1 aromatic carbocycles. The SMILES string of the molecule is Cc1ccc(S(=O)(=O)NCC2CC3CCN2CC3CN2CCN(C)CC2)cc1. The topological polar surface area (TPSA) is 55.9 Å². The quantitative estimate of drug-likeness (QED) is 0.770. The van der Waals surface area contributed by atoms with Gasteiger partial charge >= 0.3 is 0 Å². The first-order valence-corrected chi connectivity index (χ1v) is 12.1. The highest BCUT2D eigenvalue weighted by atomic mass is 32.2. The number of piperazine rings is 1. The standard InChI is InChI=1S/C21H34N4O2S/c1-17-3-5-21(6-4-17)28(26,27)22-14-20-13-18-7-8-25(20)16-19(18)15-24-11-9-23(2)10-12-24/h3-6,18-20,22H,7-16H2,1-2H3. The molecule has 156 valence electrons. The average Bonchev–Trinajstić information content (AvgIpc) is 2.69. The molecule has 28 heavy (non-hydrogen) atoms. The molecule has 4 heterocycles. The number of fused-ring (bicyclic) bond motifs is 3. The second kappa shape index (κ2) is 8.40. The number of aryl methyl sites for hydroxylation is 1. The van der Waals surface area contributed by atoms with Gasteiger partial charge in [-0.2, -0.15) is 0 Å². The number of hydrogen-bond donors (Lipinski definition) is 1. The van der Waals surface area contributed by atoms with Gasteiger partial charge < -0.3 is 9.80 Å². The van der Waals surface area contributed by atoms with Crippen LogP contribution in [0.2, 0.25) is 0 Å². The van der Waals surface area contributed by atoms with Crippen LogP contribution in [0.4, 0.5) is 0 Å². The monoisotopic (exact) mass is 406 g/mol. The van der Waals surface area contributed by atoms with E-state index in [4.69, 9.17) is 0 Å². The van der Waals surface area contributed by atoms with Crippen molar-refractivity contribution in [1.82, 2.24) is 19.4 Å². The summed E-state index contributed by atoms with van der Waals surface area (Å²) in [5, 5.41) is 0. The van der Waals surface area contributed by atoms with E-state index in [1.165, 1.54) is 39.1 Å². The van der Waals surface area contributed by atoms with Gasteiger partial charge in [0.15, 0.2) is 0 Å². The number of sulfonamides is 1. The second-order valence-electron chi connectivity index (χ2n) is 8.96. The van der Waals surface area contributed by atoms with Crippen LogP contribution in [0, 0.1) is 18.8 Å². The molecule has 0 radical (unpaired) electrons. The highest BCUT2D eigenvalue weighted by molar-refractivity contribution is 7.89. The summed E-state index contributed by atoms with van der Waals surface area (Å²) in [6, 6.07) is 7.42. The molecule has 4 atom stereocenters. The molecular formula is C21H34N4O2S. The average molecular weight is 407 g/mol. The Hall–Kier alpha value is -0.990. The summed E-state index contributed by atoms with van der Waals surface area (Å²) in [6.45, 7) is 10.6. The van der Waals surface area contributed by atoms with Crippen LogP contribution in [-0.4, -0.2) is 88.6 Å². The van der Waals surface area contributed by atoms with E-state index in [1.54, 1.807) is 12.1 Å². The molecule has 0 saturated carbocycles. The summed E-state index contributed by atoms with van der Waals surface area (Å²) >= 11 is 0. The third-order valence-electron chi connectivity index (χ3n) is 6.94. The number of nitrogens with one attached hydrogen (secondary N) is 1. The van der Waals surface area contributed by atoms with Crippen LogP contribution in [0.3, 0.4) is 0 Å². The number of hydrogen-bond acceptors (Lipinski definition) is 5. The maximum atomic E-state index is 12.6. The minimum Gasteiger partial charge on any atom is -0.304 e. The molecule has 5 rings (SSSR count). The van der Waals surface area contributed by atoms with Crippen LogP contribution in [0.25, 0.3) is 0 Å². The predicted molar refractivity (Wildman–Crippen MR) is 112 cm³/mol. The van der Waals surface area contributed by atoms with E-state index in [9.17, 15) is 8.42 Å². The van der Waals surface area contributed by atoms with E-state index in [2.05, 4.69) is 26.5 Å². The Labute approximate surface area is 169 Å². The second-order valence-corrected chi connectivity index (χ2v) is 10.7. The van der Waals surface area contributed by atoms with Crippen molar-refractivity contribution in [3.8, 4) is 0 Å². The van der Waals surface area contributed by atoms with Crippen LogP contribution in [-0.2, 0) is 10.0 Å². The first-order valence-electron chi connectivity index (χ1n) is 10.6. The van der Waals surface area contributed by atoms with E-state index in [0.29, 0.717) is 17.5 Å². The molecule has 7 heteroatoms. The molecule has 4 aliphatic rings. The Morgan fingerprint density at radius 2 is 1.79 bits per heavy atom. The lowest BCUT2D eigenvalue weighted by Crippen LogP contribution is -2.59. The van der Waals surface area contributed by atoms with Gasteiger partial charge in [-0.05, 0) is 57.3 Å². The van der Waals surface area contributed by atoms with E-state index < -0.39 is 10.0 Å². The van der Waals surface area contributed by atoms with Gasteiger partial charge in [-0.25, -0.2) is 13.1 Å². The summed E-state index contributed by atoms with van der Waals surface area (Å²) in [5.41, 5.74) is 1.07. The van der Waals surface area contributed by atoms with Crippen LogP contribution >= 0.6 is 0 Å². The van der Waals surface area contributed by atoms with Crippen molar-refractivity contribution in [1.29, 1.82) is 0 Å². The number of likely N-dealkylation sites (N-methyl/N-ethyl adjacent to an activating group) is 1. The third-order valence-corrected chi connectivity index (χ3v) is 8.38. The molecule has 4 saturated heterocycles. The van der Waals surface area contributed by atoms with Crippen LogP contribution in [0.15, 0.2) is 29.2 Å². The van der Waals surface area contributed by atoms with E-state index in [0.717, 1.165) is 36.9 Å². The number of benzene rings is 1. The van der Waals surface area contributed by atoms with Gasteiger partial charge in [0.25, 0.3) is 0 Å². The summed E-state index contributed by atoms with van der Waals surface area (Å²) in [4.78, 5) is 7.92.